The molecule has 3 nitrogen and oxygen atoms in total. The Bertz CT molecular complexity index is 223. The lowest BCUT2D eigenvalue weighted by Crippen LogP contribution is -2.46. The minimum absolute atomic E-state index is 0.0793. The van der Waals surface area contributed by atoms with Gasteiger partial charge in [0.2, 0.25) is 0 Å². The van der Waals surface area contributed by atoms with Crippen molar-refractivity contribution in [2.75, 3.05) is 13.4 Å². The van der Waals surface area contributed by atoms with Gasteiger partial charge in [-0.3, -0.25) is 4.79 Å². The molecule has 0 N–H and O–H groups in total. The van der Waals surface area contributed by atoms with Gasteiger partial charge >= 0.3 is 5.97 Å². The van der Waals surface area contributed by atoms with Gasteiger partial charge in [0.1, 0.15) is 0 Å². The summed E-state index contributed by atoms with van der Waals surface area (Å²) in [6, 6.07) is 0. The van der Waals surface area contributed by atoms with Crippen molar-refractivity contribution in [3.05, 3.63) is 0 Å². The fourth-order valence-electron chi connectivity index (χ4n) is 1.93. The van der Waals surface area contributed by atoms with Crippen LogP contribution in [0.4, 0.5) is 0 Å². The summed E-state index contributed by atoms with van der Waals surface area (Å²) >= 11 is 0. The molecule has 88 valence electrons. The zero-order valence-electron chi connectivity index (χ0n) is 10.2. The molecular formula is C12H22O3. The van der Waals surface area contributed by atoms with E-state index in [4.69, 9.17) is 9.47 Å². The summed E-state index contributed by atoms with van der Waals surface area (Å²) in [6.07, 6.45) is 1.90. The first-order chi connectivity index (χ1) is 6.99. The second kappa shape index (κ2) is 4.97. The zero-order valence-corrected chi connectivity index (χ0v) is 10.2. The predicted octanol–water partition coefficient (Wildman–Crippen LogP) is 2.60. The van der Waals surface area contributed by atoms with Gasteiger partial charge in [-0.1, -0.05) is 27.7 Å². The Morgan fingerprint density at radius 2 is 2.00 bits per heavy atom. The Hall–Kier alpha value is -0.570. The molecule has 1 saturated heterocycles. The second-order valence-electron chi connectivity index (χ2n) is 5.14. The summed E-state index contributed by atoms with van der Waals surface area (Å²) in [4.78, 5) is 11.9. The van der Waals surface area contributed by atoms with E-state index >= 15 is 0 Å². The van der Waals surface area contributed by atoms with E-state index in [-0.39, 0.29) is 18.7 Å². The van der Waals surface area contributed by atoms with Gasteiger partial charge in [0.15, 0.2) is 6.79 Å². The van der Waals surface area contributed by atoms with E-state index in [1.165, 1.54) is 0 Å². The Labute approximate surface area is 92.1 Å². The largest absolute Gasteiger partial charge is 0.438 e. The zero-order chi connectivity index (χ0) is 11.5. The number of carbonyl (C=O) groups excluding carboxylic acids is 1. The first-order valence-electron chi connectivity index (χ1n) is 5.74. The lowest BCUT2D eigenvalue weighted by atomic mass is 9.73. The maximum atomic E-state index is 11.9. The number of ether oxygens (including phenoxy) is 2. The molecule has 1 heterocycles. The molecule has 0 aromatic carbocycles. The number of cyclic esters (lactones) is 1. The number of hydrogen-bond acceptors (Lipinski definition) is 3. The normalized spacial score (nSPS) is 27.2. The lowest BCUT2D eigenvalue weighted by Gasteiger charge is -2.38. The van der Waals surface area contributed by atoms with Crippen LogP contribution in [0.5, 0.6) is 0 Å². The van der Waals surface area contributed by atoms with Crippen molar-refractivity contribution in [1.29, 1.82) is 0 Å². The molecule has 1 aliphatic heterocycles. The Kier molecular flexibility index (Phi) is 4.14. The van der Waals surface area contributed by atoms with Crippen molar-refractivity contribution in [3.63, 3.8) is 0 Å². The average molecular weight is 214 g/mol. The first-order valence-corrected chi connectivity index (χ1v) is 5.74. The third-order valence-electron chi connectivity index (χ3n) is 3.31. The van der Waals surface area contributed by atoms with Crippen molar-refractivity contribution in [1.82, 2.24) is 0 Å². The molecule has 0 bridgehead atoms. The highest BCUT2D eigenvalue weighted by Crippen LogP contribution is 2.37. The monoisotopic (exact) mass is 214 g/mol. The minimum Gasteiger partial charge on any atom is -0.438 e. The van der Waals surface area contributed by atoms with E-state index in [1.807, 2.05) is 0 Å². The molecule has 15 heavy (non-hydrogen) atoms. The van der Waals surface area contributed by atoms with Crippen LogP contribution in [0.15, 0.2) is 0 Å². The van der Waals surface area contributed by atoms with Gasteiger partial charge in [-0.2, -0.15) is 0 Å². The van der Waals surface area contributed by atoms with Crippen molar-refractivity contribution < 1.29 is 14.3 Å². The van der Waals surface area contributed by atoms with Gasteiger partial charge in [0.25, 0.3) is 0 Å². The molecule has 0 aliphatic carbocycles. The van der Waals surface area contributed by atoms with E-state index in [1.54, 1.807) is 0 Å². The molecule has 0 spiro atoms. The first kappa shape index (κ1) is 12.5. The fraction of sp³-hybridized carbons (Fsp3) is 0.917. The summed E-state index contributed by atoms with van der Waals surface area (Å²) in [5.41, 5.74) is -0.414. The van der Waals surface area contributed by atoms with Crippen LogP contribution in [-0.2, 0) is 14.3 Å². The third kappa shape index (κ3) is 2.71. The van der Waals surface area contributed by atoms with Crippen LogP contribution in [0.2, 0.25) is 0 Å². The summed E-state index contributed by atoms with van der Waals surface area (Å²) in [7, 11) is 0. The van der Waals surface area contributed by atoms with Crippen LogP contribution in [0.25, 0.3) is 0 Å². The van der Waals surface area contributed by atoms with Crippen LogP contribution in [0, 0.1) is 17.3 Å². The highest BCUT2D eigenvalue weighted by Gasteiger charge is 2.45. The van der Waals surface area contributed by atoms with E-state index in [0.717, 1.165) is 12.8 Å². The van der Waals surface area contributed by atoms with Crippen LogP contribution in [0.1, 0.15) is 40.5 Å². The van der Waals surface area contributed by atoms with Gasteiger partial charge in [-0.15, -0.1) is 0 Å². The van der Waals surface area contributed by atoms with Crippen molar-refractivity contribution in [3.8, 4) is 0 Å². The minimum atomic E-state index is -0.414. The number of esters is 1. The Morgan fingerprint density at radius 1 is 1.33 bits per heavy atom. The topological polar surface area (TPSA) is 35.5 Å². The van der Waals surface area contributed by atoms with Gasteiger partial charge in [0.05, 0.1) is 12.0 Å². The molecule has 1 fully saturated rings. The number of rotatable bonds is 4. The molecule has 0 aromatic rings. The van der Waals surface area contributed by atoms with Crippen molar-refractivity contribution in [2.24, 2.45) is 17.3 Å². The molecule has 3 heteroatoms. The van der Waals surface area contributed by atoms with E-state index in [0.29, 0.717) is 12.5 Å². The van der Waals surface area contributed by atoms with Crippen LogP contribution < -0.4 is 0 Å². The third-order valence-corrected chi connectivity index (χ3v) is 3.31. The van der Waals surface area contributed by atoms with Crippen LogP contribution in [0.3, 0.4) is 0 Å². The molecule has 1 rings (SSSR count). The van der Waals surface area contributed by atoms with E-state index in [9.17, 15) is 4.79 Å². The Balaban J connectivity index is 2.72. The maximum Gasteiger partial charge on any atom is 0.316 e. The molecule has 0 amide bonds. The second-order valence-corrected chi connectivity index (χ2v) is 5.14. The number of carbonyl (C=O) groups is 1. The summed E-state index contributed by atoms with van der Waals surface area (Å²) in [5.74, 6) is 0.795. The molecule has 0 radical (unpaired) electrons. The lowest BCUT2D eigenvalue weighted by molar-refractivity contribution is -0.201. The highest BCUT2D eigenvalue weighted by molar-refractivity contribution is 5.77. The van der Waals surface area contributed by atoms with Crippen LogP contribution in [-0.4, -0.2) is 19.4 Å². The SMILES string of the molecule is CC(C)CCC1(C(C)C)COCOC1=O. The molecule has 1 unspecified atom stereocenters. The molecular weight excluding hydrogens is 192 g/mol. The highest BCUT2D eigenvalue weighted by atomic mass is 16.7. The maximum absolute atomic E-state index is 11.9. The van der Waals surface area contributed by atoms with Gasteiger partial charge in [-0.05, 0) is 24.7 Å². The van der Waals surface area contributed by atoms with Crippen molar-refractivity contribution in [2.45, 2.75) is 40.5 Å². The summed E-state index contributed by atoms with van der Waals surface area (Å²) in [6.45, 7) is 9.10. The standard InChI is InChI=1S/C12H22O3/c1-9(2)5-6-12(10(3)4)7-14-8-15-11(12)13/h9-10H,5-8H2,1-4H3. The van der Waals surface area contributed by atoms with Gasteiger partial charge in [0, 0.05) is 0 Å². The molecule has 1 aliphatic rings. The van der Waals surface area contributed by atoms with Crippen LogP contribution >= 0.6 is 0 Å². The smallest absolute Gasteiger partial charge is 0.316 e. The van der Waals surface area contributed by atoms with E-state index in [2.05, 4.69) is 27.7 Å². The Morgan fingerprint density at radius 3 is 2.47 bits per heavy atom. The van der Waals surface area contributed by atoms with Gasteiger partial charge < -0.3 is 9.47 Å². The van der Waals surface area contributed by atoms with Crippen molar-refractivity contribution >= 4 is 5.97 Å². The summed E-state index contributed by atoms with van der Waals surface area (Å²) < 4.78 is 10.3. The fourth-order valence-corrected chi connectivity index (χ4v) is 1.93. The average Bonchev–Trinajstić information content (AvgIpc) is 2.16. The molecule has 0 saturated carbocycles. The molecule has 1 atom stereocenters. The number of hydrogen-bond donors (Lipinski definition) is 0. The van der Waals surface area contributed by atoms with E-state index < -0.39 is 5.41 Å². The van der Waals surface area contributed by atoms with Gasteiger partial charge in [-0.25, -0.2) is 0 Å². The predicted molar refractivity (Wildman–Crippen MR) is 58.3 cm³/mol. The summed E-state index contributed by atoms with van der Waals surface area (Å²) in [5, 5.41) is 0. The molecule has 0 aromatic heterocycles. The quantitative estimate of drug-likeness (QED) is 0.675.